The van der Waals surface area contributed by atoms with E-state index >= 15 is 0 Å². The SMILES string of the molecule is CC1(C)COc2c(C(=O)NC3(CO)Cc4ccccc4C3)cccc21. The quantitative estimate of drug-likeness (QED) is 0.905. The van der Waals surface area contributed by atoms with Gasteiger partial charge in [0.1, 0.15) is 5.75 Å². The van der Waals surface area contributed by atoms with Gasteiger partial charge in [0.25, 0.3) is 5.91 Å². The van der Waals surface area contributed by atoms with Crippen LogP contribution in [0.4, 0.5) is 0 Å². The summed E-state index contributed by atoms with van der Waals surface area (Å²) in [4.78, 5) is 13.0. The van der Waals surface area contributed by atoms with Gasteiger partial charge in [-0.1, -0.05) is 50.2 Å². The molecule has 0 unspecified atom stereocenters. The molecule has 2 aromatic carbocycles. The number of fused-ring (bicyclic) bond motifs is 2. The normalized spacial score (nSPS) is 19.0. The summed E-state index contributed by atoms with van der Waals surface area (Å²) in [6, 6.07) is 13.8. The van der Waals surface area contributed by atoms with Crippen molar-refractivity contribution in [1.82, 2.24) is 5.32 Å². The number of para-hydroxylation sites is 1. The molecule has 4 heteroatoms. The molecule has 0 saturated carbocycles. The molecule has 4 rings (SSSR count). The Labute approximate surface area is 147 Å². The highest BCUT2D eigenvalue weighted by Gasteiger charge is 2.40. The van der Waals surface area contributed by atoms with Gasteiger partial charge >= 0.3 is 0 Å². The van der Waals surface area contributed by atoms with Gasteiger partial charge in [-0.25, -0.2) is 0 Å². The molecule has 130 valence electrons. The zero-order valence-electron chi connectivity index (χ0n) is 14.6. The van der Waals surface area contributed by atoms with Crippen LogP contribution in [-0.4, -0.2) is 29.8 Å². The number of rotatable bonds is 3. The lowest BCUT2D eigenvalue weighted by atomic mass is 9.86. The number of aliphatic hydroxyl groups is 1. The van der Waals surface area contributed by atoms with Crippen LogP contribution in [0.25, 0.3) is 0 Å². The van der Waals surface area contributed by atoms with Gasteiger partial charge < -0.3 is 15.2 Å². The Morgan fingerprint density at radius 3 is 2.44 bits per heavy atom. The van der Waals surface area contributed by atoms with Crippen molar-refractivity contribution < 1.29 is 14.6 Å². The predicted octanol–water partition coefficient (Wildman–Crippen LogP) is 2.62. The predicted molar refractivity (Wildman–Crippen MR) is 96.1 cm³/mol. The Bertz CT molecular complexity index is 816. The molecule has 4 nitrogen and oxygen atoms in total. The number of hydrogen-bond donors (Lipinski definition) is 2. The summed E-state index contributed by atoms with van der Waals surface area (Å²) in [7, 11) is 0. The number of aliphatic hydroxyl groups excluding tert-OH is 1. The van der Waals surface area contributed by atoms with Crippen molar-refractivity contribution in [2.75, 3.05) is 13.2 Å². The first kappa shape index (κ1) is 16.2. The summed E-state index contributed by atoms with van der Waals surface area (Å²) in [5.74, 6) is 0.491. The van der Waals surface area contributed by atoms with Gasteiger partial charge in [0.2, 0.25) is 0 Å². The van der Waals surface area contributed by atoms with Crippen molar-refractivity contribution in [3.05, 3.63) is 64.7 Å². The fraction of sp³-hybridized carbons (Fsp3) is 0.381. The van der Waals surface area contributed by atoms with E-state index in [0.29, 0.717) is 30.8 Å². The highest BCUT2D eigenvalue weighted by molar-refractivity contribution is 5.98. The van der Waals surface area contributed by atoms with Crippen LogP contribution < -0.4 is 10.1 Å². The number of carbonyl (C=O) groups is 1. The maximum absolute atomic E-state index is 13.0. The fourth-order valence-corrected chi connectivity index (χ4v) is 3.98. The van der Waals surface area contributed by atoms with Crippen molar-refractivity contribution in [3.63, 3.8) is 0 Å². The Morgan fingerprint density at radius 2 is 1.80 bits per heavy atom. The average Bonchev–Trinajstić information content (AvgIpc) is 3.12. The summed E-state index contributed by atoms with van der Waals surface area (Å²) >= 11 is 0. The minimum atomic E-state index is -0.641. The molecule has 0 atom stereocenters. The van der Waals surface area contributed by atoms with E-state index in [0.717, 1.165) is 5.56 Å². The van der Waals surface area contributed by atoms with Crippen molar-refractivity contribution in [2.45, 2.75) is 37.6 Å². The first-order chi connectivity index (χ1) is 11.9. The van der Waals surface area contributed by atoms with Gasteiger partial charge in [-0.2, -0.15) is 0 Å². The maximum atomic E-state index is 13.0. The largest absolute Gasteiger partial charge is 0.492 e. The number of hydrogen-bond acceptors (Lipinski definition) is 3. The number of amides is 1. The molecule has 2 aromatic rings. The molecule has 1 aliphatic heterocycles. The van der Waals surface area contributed by atoms with Crippen LogP contribution in [0.1, 0.15) is 40.9 Å². The van der Waals surface area contributed by atoms with Gasteiger partial charge in [0.05, 0.1) is 24.3 Å². The van der Waals surface area contributed by atoms with Crippen LogP contribution >= 0.6 is 0 Å². The van der Waals surface area contributed by atoms with Crippen LogP contribution in [0.3, 0.4) is 0 Å². The molecule has 2 aliphatic rings. The van der Waals surface area contributed by atoms with Gasteiger partial charge in [0, 0.05) is 11.0 Å². The molecular formula is C21H23NO3. The summed E-state index contributed by atoms with van der Waals surface area (Å²) in [5, 5.41) is 13.1. The number of benzene rings is 2. The maximum Gasteiger partial charge on any atom is 0.255 e. The van der Waals surface area contributed by atoms with E-state index in [1.54, 1.807) is 6.07 Å². The van der Waals surface area contributed by atoms with Gasteiger partial charge in [0.15, 0.2) is 0 Å². The third-order valence-corrected chi connectivity index (χ3v) is 5.42. The standard InChI is InChI=1S/C21H23NO3/c1-20(2)13-25-18-16(8-5-9-17(18)20)19(24)22-21(12-23)10-14-6-3-4-7-15(14)11-21/h3-9,23H,10-13H2,1-2H3,(H,22,24). The zero-order chi connectivity index (χ0) is 17.7. The molecule has 25 heavy (non-hydrogen) atoms. The third kappa shape index (κ3) is 2.61. The van der Waals surface area contributed by atoms with Crippen LogP contribution in [0.2, 0.25) is 0 Å². The highest BCUT2D eigenvalue weighted by Crippen LogP contribution is 2.41. The molecule has 0 bridgehead atoms. The van der Waals surface area contributed by atoms with E-state index in [9.17, 15) is 9.90 Å². The van der Waals surface area contributed by atoms with Crippen molar-refractivity contribution in [3.8, 4) is 5.75 Å². The Morgan fingerprint density at radius 1 is 1.12 bits per heavy atom. The van der Waals surface area contributed by atoms with Crippen molar-refractivity contribution in [1.29, 1.82) is 0 Å². The topological polar surface area (TPSA) is 58.6 Å². The highest BCUT2D eigenvalue weighted by atomic mass is 16.5. The summed E-state index contributed by atoms with van der Waals surface area (Å²) in [6.45, 7) is 4.71. The minimum Gasteiger partial charge on any atom is -0.492 e. The number of nitrogens with one attached hydrogen (secondary N) is 1. The molecule has 1 heterocycles. The minimum absolute atomic E-state index is 0.0885. The summed E-state index contributed by atoms with van der Waals surface area (Å²) in [6.07, 6.45) is 1.29. The van der Waals surface area contributed by atoms with E-state index in [1.165, 1.54) is 11.1 Å². The van der Waals surface area contributed by atoms with Gasteiger partial charge in [-0.3, -0.25) is 4.79 Å². The molecule has 0 fully saturated rings. The van der Waals surface area contributed by atoms with Crippen molar-refractivity contribution in [2.24, 2.45) is 0 Å². The summed E-state index contributed by atoms with van der Waals surface area (Å²) in [5.41, 5.74) is 3.25. The Kier molecular flexibility index (Phi) is 3.62. The molecule has 0 aromatic heterocycles. The van der Waals surface area contributed by atoms with E-state index in [2.05, 4.69) is 31.3 Å². The molecule has 0 radical (unpaired) electrons. The molecule has 1 aliphatic carbocycles. The molecular weight excluding hydrogens is 314 g/mol. The molecule has 1 amide bonds. The second kappa shape index (κ2) is 5.60. The fourth-order valence-electron chi connectivity index (χ4n) is 3.98. The zero-order valence-corrected chi connectivity index (χ0v) is 14.6. The average molecular weight is 337 g/mol. The smallest absolute Gasteiger partial charge is 0.255 e. The van der Waals surface area contributed by atoms with Gasteiger partial charge in [-0.05, 0) is 30.0 Å². The molecule has 0 spiro atoms. The second-order valence-electron chi connectivity index (χ2n) is 7.87. The second-order valence-corrected chi connectivity index (χ2v) is 7.87. The van der Waals surface area contributed by atoms with E-state index in [-0.39, 0.29) is 17.9 Å². The third-order valence-electron chi connectivity index (χ3n) is 5.42. The lowest BCUT2D eigenvalue weighted by Crippen LogP contribution is -2.52. The Hall–Kier alpha value is -2.33. The van der Waals surface area contributed by atoms with Gasteiger partial charge in [-0.15, -0.1) is 0 Å². The lowest BCUT2D eigenvalue weighted by molar-refractivity contribution is 0.0839. The van der Waals surface area contributed by atoms with Crippen LogP contribution in [0.5, 0.6) is 5.75 Å². The number of ether oxygens (including phenoxy) is 1. The monoisotopic (exact) mass is 337 g/mol. The lowest BCUT2D eigenvalue weighted by Gasteiger charge is -2.28. The first-order valence-corrected chi connectivity index (χ1v) is 8.71. The number of carbonyl (C=O) groups excluding carboxylic acids is 1. The molecule has 2 N–H and O–H groups in total. The summed E-state index contributed by atoms with van der Waals surface area (Å²) < 4.78 is 5.84. The van der Waals surface area contributed by atoms with E-state index < -0.39 is 5.54 Å². The van der Waals surface area contributed by atoms with Crippen LogP contribution in [0.15, 0.2) is 42.5 Å². The first-order valence-electron chi connectivity index (χ1n) is 8.71. The van der Waals surface area contributed by atoms with E-state index in [1.807, 2.05) is 24.3 Å². The molecule has 0 saturated heterocycles. The van der Waals surface area contributed by atoms with Crippen LogP contribution in [0, 0.1) is 0 Å². The van der Waals surface area contributed by atoms with Crippen molar-refractivity contribution >= 4 is 5.91 Å². The van der Waals surface area contributed by atoms with E-state index in [4.69, 9.17) is 4.74 Å². The van der Waals surface area contributed by atoms with Crippen LogP contribution in [-0.2, 0) is 18.3 Å². The Balaban J connectivity index is 1.62.